The molecule has 1 spiro atoms. The molecule has 3 heterocycles. The van der Waals surface area contributed by atoms with Gasteiger partial charge in [0.1, 0.15) is 11.6 Å². The van der Waals surface area contributed by atoms with Crippen molar-refractivity contribution in [3.63, 3.8) is 0 Å². The summed E-state index contributed by atoms with van der Waals surface area (Å²) in [6.45, 7) is 3.72. The van der Waals surface area contributed by atoms with Crippen molar-refractivity contribution in [2.45, 2.75) is 37.3 Å². The molecule has 0 radical (unpaired) electrons. The van der Waals surface area contributed by atoms with Crippen LogP contribution in [0.25, 0.3) is 11.4 Å². The zero-order valence-corrected chi connectivity index (χ0v) is 16.0. The Morgan fingerprint density at radius 3 is 2.74 bits per heavy atom. The highest BCUT2D eigenvalue weighted by molar-refractivity contribution is 5.58. The molecule has 1 unspecified atom stereocenters. The molecule has 27 heavy (non-hydrogen) atoms. The number of rotatable bonds is 5. The second kappa shape index (κ2) is 7.14. The summed E-state index contributed by atoms with van der Waals surface area (Å²) in [6.07, 6.45) is 5.23. The van der Waals surface area contributed by atoms with Crippen LogP contribution in [0.2, 0.25) is 0 Å². The SMILES string of the molecule is Cc1nc(NCC2(CO)COCC3(CCC3)N2C)cc(-c2ccccn2)n1. The van der Waals surface area contributed by atoms with Gasteiger partial charge in [-0.15, -0.1) is 0 Å². The highest BCUT2D eigenvalue weighted by Gasteiger charge is 2.53. The summed E-state index contributed by atoms with van der Waals surface area (Å²) in [7, 11) is 2.12. The molecule has 1 saturated heterocycles. The maximum Gasteiger partial charge on any atom is 0.130 e. The first kappa shape index (κ1) is 18.3. The molecule has 2 aliphatic rings. The molecule has 1 aliphatic heterocycles. The summed E-state index contributed by atoms with van der Waals surface area (Å²) in [5, 5.41) is 13.6. The van der Waals surface area contributed by atoms with E-state index < -0.39 is 5.54 Å². The fourth-order valence-electron chi connectivity index (χ4n) is 4.13. The minimum absolute atomic E-state index is 0.0371. The van der Waals surface area contributed by atoms with E-state index >= 15 is 0 Å². The van der Waals surface area contributed by atoms with E-state index in [1.165, 1.54) is 6.42 Å². The van der Waals surface area contributed by atoms with Gasteiger partial charge >= 0.3 is 0 Å². The van der Waals surface area contributed by atoms with Gasteiger partial charge in [-0.25, -0.2) is 9.97 Å². The smallest absolute Gasteiger partial charge is 0.130 e. The van der Waals surface area contributed by atoms with Crippen molar-refractivity contribution in [3.8, 4) is 11.4 Å². The number of nitrogens with zero attached hydrogens (tertiary/aromatic N) is 4. The van der Waals surface area contributed by atoms with Crippen LogP contribution in [-0.4, -0.2) is 69.4 Å². The number of likely N-dealkylation sites (N-methyl/N-ethyl adjacent to an activating group) is 1. The van der Waals surface area contributed by atoms with Gasteiger partial charge in [0.2, 0.25) is 0 Å². The number of pyridine rings is 1. The van der Waals surface area contributed by atoms with Gasteiger partial charge in [-0.1, -0.05) is 6.07 Å². The molecule has 0 bridgehead atoms. The molecule has 7 nitrogen and oxygen atoms in total. The molecule has 2 aromatic rings. The number of ether oxygens (including phenoxy) is 1. The quantitative estimate of drug-likeness (QED) is 0.832. The average molecular weight is 369 g/mol. The number of aliphatic hydroxyl groups is 1. The molecule has 2 aromatic heterocycles. The van der Waals surface area contributed by atoms with Gasteiger partial charge in [0.05, 0.1) is 36.7 Å². The molecule has 4 rings (SSSR count). The van der Waals surface area contributed by atoms with E-state index in [4.69, 9.17) is 4.74 Å². The van der Waals surface area contributed by atoms with Crippen LogP contribution in [-0.2, 0) is 4.74 Å². The summed E-state index contributed by atoms with van der Waals surface area (Å²) >= 11 is 0. The van der Waals surface area contributed by atoms with Gasteiger partial charge in [0.15, 0.2) is 0 Å². The lowest BCUT2D eigenvalue weighted by molar-refractivity contribution is -0.176. The van der Waals surface area contributed by atoms with E-state index in [0.29, 0.717) is 19.0 Å². The number of aryl methyl sites for hydroxylation is 1. The fraction of sp³-hybridized carbons (Fsp3) is 0.550. The summed E-state index contributed by atoms with van der Waals surface area (Å²) in [5.41, 5.74) is 1.22. The molecule has 1 aliphatic carbocycles. The monoisotopic (exact) mass is 369 g/mol. The zero-order valence-electron chi connectivity index (χ0n) is 16.0. The standard InChI is InChI=1S/C20H27N5O2/c1-15-23-17(16-6-3-4-9-21-16)10-18(24-15)22-11-20(12-26)14-27-13-19(25(20)2)7-5-8-19/h3-4,6,9-10,26H,5,7-8,11-14H2,1-2H3,(H,22,23,24). The largest absolute Gasteiger partial charge is 0.394 e. The summed E-state index contributed by atoms with van der Waals surface area (Å²) < 4.78 is 5.93. The first-order valence-electron chi connectivity index (χ1n) is 9.51. The predicted octanol–water partition coefficient (Wildman–Crippen LogP) is 1.87. The Bertz CT molecular complexity index is 796. The second-order valence-electron chi connectivity index (χ2n) is 7.77. The minimum Gasteiger partial charge on any atom is -0.394 e. The van der Waals surface area contributed by atoms with E-state index in [-0.39, 0.29) is 12.1 Å². The molecule has 1 atom stereocenters. The molecule has 2 N–H and O–H groups in total. The van der Waals surface area contributed by atoms with Crippen molar-refractivity contribution in [3.05, 3.63) is 36.3 Å². The first-order valence-corrected chi connectivity index (χ1v) is 9.51. The topological polar surface area (TPSA) is 83.4 Å². The van der Waals surface area contributed by atoms with Gasteiger partial charge in [-0.05, 0) is 45.4 Å². The maximum absolute atomic E-state index is 10.2. The van der Waals surface area contributed by atoms with Crippen molar-refractivity contribution in [2.75, 3.05) is 38.7 Å². The average Bonchev–Trinajstić information content (AvgIpc) is 2.66. The maximum atomic E-state index is 10.2. The van der Waals surface area contributed by atoms with E-state index in [2.05, 4.69) is 32.2 Å². The molecular weight excluding hydrogens is 342 g/mol. The van der Waals surface area contributed by atoms with E-state index in [1.54, 1.807) is 6.20 Å². The van der Waals surface area contributed by atoms with E-state index in [1.807, 2.05) is 31.2 Å². The number of hydrogen-bond acceptors (Lipinski definition) is 7. The minimum atomic E-state index is -0.456. The van der Waals surface area contributed by atoms with Gasteiger partial charge in [-0.3, -0.25) is 9.88 Å². The Labute approximate surface area is 159 Å². The highest BCUT2D eigenvalue weighted by Crippen LogP contribution is 2.43. The van der Waals surface area contributed by atoms with Gasteiger partial charge in [0, 0.05) is 24.3 Å². The van der Waals surface area contributed by atoms with Crippen LogP contribution < -0.4 is 5.32 Å². The number of nitrogens with one attached hydrogen (secondary N) is 1. The Morgan fingerprint density at radius 1 is 1.22 bits per heavy atom. The molecular formula is C20H27N5O2. The normalized spacial score (nSPS) is 24.6. The van der Waals surface area contributed by atoms with Crippen molar-refractivity contribution in [1.82, 2.24) is 19.9 Å². The summed E-state index contributed by atoms with van der Waals surface area (Å²) in [4.78, 5) is 15.7. The van der Waals surface area contributed by atoms with Crippen molar-refractivity contribution in [2.24, 2.45) is 0 Å². The molecule has 0 aromatic carbocycles. The number of morpholine rings is 1. The van der Waals surface area contributed by atoms with Crippen molar-refractivity contribution >= 4 is 5.82 Å². The fourth-order valence-corrected chi connectivity index (χ4v) is 4.13. The third kappa shape index (κ3) is 3.31. The third-order valence-corrected chi connectivity index (χ3v) is 6.11. The van der Waals surface area contributed by atoms with Gasteiger partial charge in [0.25, 0.3) is 0 Å². The van der Waals surface area contributed by atoms with E-state index in [9.17, 15) is 5.11 Å². The number of aromatic nitrogens is 3. The van der Waals surface area contributed by atoms with Crippen molar-refractivity contribution < 1.29 is 9.84 Å². The molecule has 7 heteroatoms. The molecule has 1 saturated carbocycles. The summed E-state index contributed by atoms with van der Waals surface area (Å²) in [6, 6.07) is 7.67. The van der Waals surface area contributed by atoms with Crippen molar-refractivity contribution in [1.29, 1.82) is 0 Å². The Morgan fingerprint density at radius 2 is 2.07 bits per heavy atom. The van der Waals surface area contributed by atoms with Crippen LogP contribution in [0.3, 0.4) is 0 Å². The highest BCUT2D eigenvalue weighted by atomic mass is 16.5. The van der Waals surface area contributed by atoms with Crippen LogP contribution in [0.5, 0.6) is 0 Å². The lowest BCUT2D eigenvalue weighted by Crippen LogP contribution is -2.72. The van der Waals surface area contributed by atoms with Crippen LogP contribution in [0.1, 0.15) is 25.1 Å². The Kier molecular flexibility index (Phi) is 4.84. The van der Waals surface area contributed by atoms with Gasteiger partial charge in [-0.2, -0.15) is 0 Å². The number of anilines is 1. The predicted molar refractivity (Wildman–Crippen MR) is 103 cm³/mol. The Balaban J connectivity index is 1.54. The lowest BCUT2D eigenvalue weighted by atomic mass is 9.72. The zero-order chi connectivity index (χ0) is 18.9. The Hall–Kier alpha value is -2.09. The van der Waals surface area contributed by atoms with Gasteiger partial charge < -0.3 is 15.2 Å². The molecule has 2 fully saturated rings. The number of aliphatic hydroxyl groups excluding tert-OH is 1. The van der Waals surface area contributed by atoms with Crippen LogP contribution >= 0.6 is 0 Å². The molecule has 0 amide bonds. The van der Waals surface area contributed by atoms with Crippen LogP contribution in [0.15, 0.2) is 30.5 Å². The first-order chi connectivity index (χ1) is 13.1. The van der Waals surface area contributed by atoms with Crippen LogP contribution in [0, 0.1) is 6.92 Å². The lowest BCUT2D eigenvalue weighted by Gasteiger charge is -2.59. The molecule has 144 valence electrons. The van der Waals surface area contributed by atoms with E-state index in [0.717, 1.165) is 36.7 Å². The number of hydrogen-bond donors (Lipinski definition) is 2. The van der Waals surface area contributed by atoms with Crippen LogP contribution in [0.4, 0.5) is 5.82 Å². The second-order valence-corrected chi connectivity index (χ2v) is 7.77. The summed E-state index contributed by atoms with van der Waals surface area (Å²) in [5.74, 6) is 1.42. The third-order valence-electron chi connectivity index (χ3n) is 6.11.